The fraction of sp³-hybridized carbons (Fsp3) is 0.269. The van der Waals surface area contributed by atoms with Crippen molar-refractivity contribution in [3.63, 3.8) is 0 Å². The Bertz CT molecular complexity index is 1190. The zero-order valence-corrected chi connectivity index (χ0v) is 18.6. The highest BCUT2D eigenvalue weighted by Gasteiger charge is 2.16. The van der Waals surface area contributed by atoms with Gasteiger partial charge in [0.05, 0.1) is 12.6 Å². The molecule has 6 heteroatoms. The summed E-state index contributed by atoms with van der Waals surface area (Å²) < 4.78 is 5.36. The minimum Gasteiger partial charge on any atom is -0.497 e. The molecule has 2 N–H and O–H groups in total. The van der Waals surface area contributed by atoms with Gasteiger partial charge in [-0.05, 0) is 66.2 Å². The molecular formula is C26H29N5O. The summed E-state index contributed by atoms with van der Waals surface area (Å²) in [5.41, 5.74) is 5.55. The van der Waals surface area contributed by atoms with E-state index in [0.29, 0.717) is 0 Å². The maximum absolute atomic E-state index is 5.36. The number of anilines is 3. The summed E-state index contributed by atoms with van der Waals surface area (Å²) in [6.07, 6.45) is 0. The standard InChI is InChI=1S/C26H29N5O/c1-3-30-13-15-31(16-14-30)22-10-8-21(9-11-22)27-26-24-12-7-20(18-25(24)28-29-26)19-5-4-6-23(17-19)32-2/h4-12,17-18H,3,13-16H2,1-2H3,(H2,27,28,29). The normalized spacial score (nSPS) is 14.6. The molecule has 164 valence electrons. The van der Waals surface area contributed by atoms with E-state index in [1.807, 2.05) is 18.2 Å². The van der Waals surface area contributed by atoms with Crippen LogP contribution in [0.2, 0.25) is 0 Å². The Morgan fingerprint density at radius 1 is 0.938 bits per heavy atom. The van der Waals surface area contributed by atoms with Gasteiger partial charge in [0.15, 0.2) is 5.82 Å². The van der Waals surface area contributed by atoms with E-state index in [9.17, 15) is 0 Å². The van der Waals surface area contributed by atoms with Gasteiger partial charge in [0.25, 0.3) is 0 Å². The molecule has 0 unspecified atom stereocenters. The van der Waals surface area contributed by atoms with Crippen molar-refractivity contribution in [2.45, 2.75) is 6.92 Å². The summed E-state index contributed by atoms with van der Waals surface area (Å²) in [4.78, 5) is 4.95. The molecule has 1 aromatic heterocycles. The molecule has 1 saturated heterocycles. The number of ether oxygens (including phenoxy) is 1. The van der Waals surface area contributed by atoms with Crippen molar-refractivity contribution in [1.82, 2.24) is 15.1 Å². The number of fused-ring (bicyclic) bond motifs is 1. The van der Waals surface area contributed by atoms with Crippen LogP contribution in [0.1, 0.15) is 6.92 Å². The second-order valence-electron chi connectivity index (χ2n) is 8.16. The summed E-state index contributed by atoms with van der Waals surface area (Å²) in [5.74, 6) is 1.69. The van der Waals surface area contributed by atoms with Gasteiger partial charge in [-0.15, -0.1) is 0 Å². The number of hydrogen-bond donors (Lipinski definition) is 2. The van der Waals surface area contributed by atoms with Crippen LogP contribution >= 0.6 is 0 Å². The van der Waals surface area contributed by atoms with Gasteiger partial charge in [0.2, 0.25) is 0 Å². The number of methoxy groups -OCH3 is 1. The molecule has 1 fully saturated rings. The summed E-state index contributed by atoms with van der Waals surface area (Å²) in [5, 5.41) is 12.2. The van der Waals surface area contributed by atoms with Crippen molar-refractivity contribution in [2.75, 3.05) is 50.1 Å². The molecular weight excluding hydrogens is 398 g/mol. The monoisotopic (exact) mass is 427 g/mol. The smallest absolute Gasteiger partial charge is 0.160 e. The van der Waals surface area contributed by atoms with Gasteiger partial charge in [-0.2, -0.15) is 5.10 Å². The largest absolute Gasteiger partial charge is 0.497 e. The van der Waals surface area contributed by atoms with Gasteiger partial charge >= 0.3 is 0 Å². The summed E-state index contributed by atoms with van der Waals surface area (Å²) in [6, 6.07) is 23.1. The lowest BCUT2D eigenvalue weighted by atomic mass is 10.0. The van der Waals surface area contributed by atoms with E-state index in [4.69, 9.17) is 4.74 Å². The average molecular weight is 428 g/mol. The van der Waals surface area contributed by atoms with Gasteiger partial charge in [-0.3, -0.25) is 5.10 Å². The van der Waals surface area contributed by atoms with Crippen LogP contribution < -0.4 is 15.0 Å². The van der Waals surface area contributed by atoms with E-state index in [-0.39, 0.29) is 0 Å². The Labute approximate surface area is 188 Å². The SMILES string of the molecule is CCN1CCN(c2ccc(Nc3n[nH]c4cc(-c5cccc(OC)c5)ccc34)cc2)CC1. The Kier molecular flexibility index (Phi) is 5.69. The number of likely N-dealkylation sites (N-methyl/N-ethyl adjacent to an activating group) is 1. The first-order valence-electron chi connectivity index (χ1n) is 11.2. The number of nitrogens with one attached hydrogen (secondary N) is 2. The Balaban J connectivity index is 1.31. The van der Waals surface area contributed by atoms with E-state index in [1.165, 1.54) is 5.69 Å². The van der Waals surface area contributed by atoms with Crippen LogP contribution in [0.15, 0.2) is 66.7 Å². The second-order valence-corrected chi connectivity index (χ2v) is 8.16. The number of H-pyrrole nitrogens is 1. The third kappa shape index (κ3) is 4.14. The molecule has 1 aliphatic rings. The van der Waals surface area contributed by atoms with E-state index in [0.717, 1.165) is 72.0 Å². The van der Waals surface area contributed by atoms with Gasteiger partial charge in [-0.1, -0.05) is 25.1 Å². The van der Waals surface area contributed by atoms with Crippen LogP contribution in [-0.2, 0) is 0 Å². The lowest BCUT2D eigenvalue weighted by Crippen LogP contribution is -2.46. The second kappa shape index (κ2) is 8.93. The van der Waals surface area contributed by atoms with Crippen molar-refractivity contribution in [1.29, 1.82) is 0 Å². The Hall–Kier alpha value is -3.51. The molecule has 0 aliphatic carbocycles. The molecule has 1 aliphatic heterocycles. The highest BCUT2D eigenvalue weighted by atomic mass is 16.5. The van der Waals surface area contributed by atoms with Gasteiger partial charge in [-0.25, -0.2) is 0 Å². The number of hydrogen-bond acceptors (Lipinski definition) is 5. The van der Waals surface area contributed by atoms with Crippen molar-refractivity contribution >= 4 is 28.1 Å². The minimum atomic E-state index is 0.835. The minimum absolute atomic E-state index is 0.835. The molecule has 0 atom stereocenters. The molecule has 0 bridgehead atoms. The molecule has 32 heavy (non-hydrogen) atoms. The maximum Gasteiger partial charge on any atom is 0.160 e. The number of rotatable bonds is 6. The summed E-state index contributed by atoms with van der Waals surface area (Å²) in [6.45, 7) is 7.80. The topological polar surface area (TPSA) is 56.4 Å². The van der Waals surface area contributed by atoms with Crippen molar-refractivity contribution in [2.24, 2.45) is 0 Å². The van der Waals surface area contributed by atoms with Gasteiger partial charge in [0, 0.05) is 42.9 Å². The van der Waals surface area contributed by atoms with Crippen LogP contribution in [0, 0.1) is 0 Å². The molecule has 0 saturated carbocycles. The third-order valence-electron chi connectivity index (χ3n) is 6.28. The Morgan fingerprint density at radius 2 is 1.72 bits per heavy atom. The highest BCUT2D eigenvalue weighted by Crippen LogP contribution is 2.30. The van der Waals surface area contributed by atoms with Crippen molar-refractivity contribution < 1.29 is 4.74 Å². The fourth-order valence-corrected chi connectivity index (χ4v) is 4.31. The van der Waals surface area contributed by atoms with Gasteiger partial charge < -0.3 is 19.9 Å². The third-order valence-corrected chi connectivity index (χ3v) is 6.28. The fourth-order valence-electron chi connectivity index (χ4n) is 4.31. The van der Waals surface area contributed by atoms with E-state index in [2.05, 4.69) is 80.8 Å². The van der Waals surface area contributed by atoms with E-state index in [1.54, 1.807) is 7.11 Å². The highest BCUT2D eigenvalue weighted by molar-refractivity contribution is 5.94. The van der Waals surface area contributed by atoms with Crippen LogP contribution in [0.25, 0.3) is 22.0 Å². The van der Waals surface area contributed by atoms with E-state index < -0.39 is 0 Å². The predicted octanol–water partition coefficient (Wildman–Crippen LogP) is 5.12. The number of nitrogens with zero attached hydrogens (tertiary/aromatic N) is 3. The van der Waals surface area contributed by atoms with Crippen LogP contribution in [0.3, 0.4) is 0 Å². The lowest BCUT2D eigenvalue weighted by Gasteiger charge is -2.35. The Morgan fingerprint density at radius 3 is 2.47 bits per heavy atom. The zero-order chi connectivity index (χ0) is 21.9. The zero-order valence-electron chi connectivity index (χ0n) is 18.6. The first kappa shape index (κ1) is 20.4. The van der Waals surface area contributed by atoms with Crippen LogP contribution in [0.4, 0.5) is 17.2 Å². The molecule has 0 amide bonds. The van der Waals surface area contributed by atoms with Gasteiger partial charge in [0.1, 0.15) is 5.75 Å². The molecule has 3 aromatic carbocycles. The molecule has 6 nitrogen and oxygen atoms in total. The quantitative estimate of drug-likeness (QED) is 0.447. The number of piperazine rings is 1. The number of aromatic nitrogens is 2. The molecule has 5 rings (SSSR count). The van der Waals surface area contributed by atoms with Crippen LogP contribution in [0.5, 0.6) is 5.75 Å². The molecule has 0 spiro atoms. The molecule has 4 aromatic rings. The first-order valence-corrected chi connectivity index (χ1v) is 11.2. The summed E-state index contributed by atoms with van der Waals surface area (Å²) in [7, 11) is 1.69. The number of benzene rings is 3. The van der Waals surface area contributed by atoms with Crippen LogP contribution in [-0.4, -0.2) is 54.9 Å². The predicted molar refractivity (Wildman–Crippen MR) is 132 cm³/mol. The maximum atomic E-state index is 5.36. The van der Waals surface area contributed by atoms with Crippen molar-refractivity contribution in [3.05, 3.63) is 66.7 Å². The lowest BCUT2D eigenvalue weighted by molar-refractivity contribution is 0.271. The van der Waals surface area contributed by atoms with E-state index >= 15 is 0 Å². The average Bonchev–Trinajstić information content (AvgIpc) is 3.26. The first-order chi connectivity index (χ1) is 15.7. The number of aromatic amines is 1. The molecule has 0 radical (unpaired) electrons. The van der Waals surface area contributed by atoms with Crippen molar-refractivity contribution in [3.8, 4) is 16.9 Å². The summed E-state index contributed by atoms with van der Waals surface area (Å²) >= 11 is 0. The molecule has 2 heterocycles.